The van der Waals surface area contributed by atoms with Gasteiger partial charge in [0.15, 0.2) is 11.6 Å². The van der Waals surface area contributed by atoms with Gasteiger partial charge in [0.05, 0.1) is 0 Å². The van der Waals surface area contributed by atoms with Crippen molar-refractivity contribution >= 4 is 0 Å². The van der Waals surface area contributed by atoms with Gasteiger partial charge in [0.1, 0.15) is 46.5 Å². The van der Waals surface area contributed by atoms with Crippen LogP contribution in [0.25, 0.3) is 0 Å². The normalized spacial score (nSPS) is 17.8. The van der Waals surface area contributed by atoms with Gasteiger partial charge in [-0.15, -0.1) is 0 Å². The van der Waals surface area contributed by atoms with Crippen molar-refractivity contribution in [3.05, 3.63) is 281 Å². The number of benzene rings is 7. The minimum absolute atomic E-state index is 0.0885. The number of rotatable bonds is 0. The van der Waals surface area contributed by atoms with Gasteiger partial charge in [-0.1, -0.05) is 174 Å². The van der Waals surface area contributed by atoms with Crippen molar-refractivity contribution in [2.45, 2.75) is 229 Å². The highest BCUT2D eigenvalue weighted by Gasteiger charge is 2.14. The van der Waals surface area contributed by atoms with E-state index in [9.17, 15) is 43.9 Å². The Labute approximate surface area is 586 Å². The van der Waals surface area contributed by atoms with Crippen LogP contribution in [0.3, 0.4) is 0 Å². The third-order valence-corrected chi connectivity index (χ3v) is 17.6. The van der Waals surface area contributed by atoms with E-state index in [2.05, 4.69) is 118 Å². The molecule has 7 aromatic rings. The van der Waals surface area contributed by atoms with Crippen LogP contribution in [0.2, 0.25) is 0 Å². The summed E-state index contributed by atoms with van der Waals surface area (Å²) in [6, 6.07) is 30.0. The van der Waals surface area contributed by atoms with E-state index in [1.165, 1.54) is 171 Å². The van der Waals surface area contributed by atoms with Gasteiger partial charge in [-0.2, -0.15) is 0 Å². The van der Waals surface area contributed by atoms with Crippen molar-refractivity contribution < 1.29 is 43.9 Å². The first-order valence-electron chi connectivity index (χ1n) is 35.0. The van der Waals surface area contributed by atoms with Crippen LogP contribution in [0.1, 0.15) is 210 Å². The number of hydrogen-bond donors (Lipinski definition) is 0. The molecular weight excluding hydrogens is 1250 g/mol. The molecule has 0 saturated heterocycles. The van der Waals surface area contributed by atoms with Crippen LogP contribution >= 0.6 is 0 Å². The molecule has 0 heterocycles. The minimum atomic E-state index is -0.736. The second kappa shape index (κ2) is 47.2. The summed E-state index contributed by atoms with van der Waals surface area (Å²) in [5, 5.41) is 0. The van der Waals surface area contributed by atoms with Crippen molar-refractivity contribution in [3.63, 3.8) is 0 Å². The third kappa shape index (κ3) is 38.4. The van der Waals surface area contributed by atoms with Crippen molar-refractivity contribution in [3.8, 4) is 0 Å². The lowest BCUT2D eigenvalue weighted by Crippen LogP contribution is -2.08. The van der Waals surface area contributed by atoms with E-state index in [1.54, 1.807) is 70.0 Å². The Balaban J connectivity index is 0.000000540. The van der Waals surface area contributed by atoms with Gasteiger partial charge >= 0.3 is 0 Å². The quantitative estimate of drug-likeness (QED) is 0.105. The molecule has 0 radical (unpaired) electrons. The molecule has 0 bridgehead atoms. The molecule has 10 heteroatoms. The van der Waals surface area contributed by atoms with Crippen LogP contribution in [-0.4, -0.2) is 0 Å². The Morgan fingerprint density at radius 2 is 0.480 bits per heavy atom. The van der Waals surface area contributed by atoms with Gasteiger partial charge in [0.2, 0.25) is 0 Å². The highest BCUT2D eigenvalue weighted by Crippen LogP contribution is 2.28. The van der Waals surface area contributed by atoms with E-state index >= 15 is 0 Å². The molecule has 0 N–H and O–H groups in total. The smallest absolute Gasteiger partial charge is 0.161 e. The van der Waals surface area contributed by atoms with Gasteiger partial charge in [0.25, 0.3) is 0 Å². The molecule has 11 rings (SSSR count). The summed E-state index contributed by atoms with van der Waals surface area (Å²) < 4.78 is 126. The largest absolute Gasteiger partial charge is 0.207 e. The van der Waals surface area contributed by atoms with Crippen LogP contribution in [0.4, 0.5) is 43.9 Å². The summed E-state index contributed by atoms with van der Waals surface area (Å²) in [6.45, 7) is 42.2. The van der Waals surface area contributed by atoms with Gasteiger partial charge in [-0.3, -0.25) is 0 Å². The van der Waals surface area contributed by atoms with Crippen LogP contribution in [0, 0.1) is 191 Å². The first-order chi connectivity index (χ1) is 45.8. The summed E-state index contributed by atoms with van der Waals surface area (Å²) in [7, 11) is 0. The lowest BCUT2D eigenvalue weighted by Gasteiger charge is -2.22. The van der Waals surface area contributed by atoms with E-state index in [-0.39, 0.29) is 28.3 Å². The molecule has 0 nitrogen and oxygen atoms in total. The van der Waals surface area contributed by atoms with Crippen molar-refractivity contribution in [2.75, 3.05) is 0 Å². The average molecular weight is 1370 g/mol. The molecule has 4 aliphatic carbocycles. The molecule has 4 aliphatic rings. The molecule has 7 aromatic carbocycles. The van der Waals surface area contributed by atoms with E-state index in [4.69, 9.17) is 0 Å². The second-order valence-electron chi connectivity index (χ2n) is 28.2. The summed E-state index contributed by atoms with van der Waals surface area (Å²) in [4.78, 5) is 0. The topological polar surface area (TPSA) is 0 Å². The second-order valence-corrected chi connectivity index (χ2v) is 28.2. The Morgan fingerprint density at radius 1 is 0.245 bits per heavy atom. The summed E-state index contributed by atoms with van der Waals surface area (Å²) in [5.74, 6) is 1.05. The Morgan fingerprint density at radius 3 is 0.684 bits per heavy atom. The monoisotopic (exact) mass is 1360 g/mol. The first kappa shape index (κ1) is 89.1. The molecule has 4 atom stereocenters. The van der Waals surface area contributed by atoms with Crippen LogP contribution in [0.5, 0.6) is 0 Å². The molecule has 540 valence electrons. The SMILES string of the molecule is CC1=CCC(C)CC1.CC1=CCC(C)CC1.CC1C=CC(C)CC1.CC1CCC(C)CC1.Cc1cc(F)c(C)c(F)c1.Cc1cc(F)c(C)c(F)c1.Cc1cc(F)c(C)c(F)c1.Cc1ccc(C)c(F)c1.Cc1ccc(C)c(F)c1.Cc1ccc(C)c(F)c1F.Cc1ccc(C)cc1. The molecule has 0 aliphatic heterocycles. The van der Waals surface area contributed by atoms with Crippen LogP contribution < -0.4 is 0 Å². The standard InChI is InChI=1S/4C8H8F2.2C8H9F.C8H16.3C8H14.C8H10/c3*1-5-3-7(9)6(2)8(10)4-5;1-5-3-4-6(2)8(10)7(5)9;2*1-6-3-4-7(2)8(9)5-6;5*1-7-3-5-8(2)6-4-7/h4*3-4H,1-2H3;2*3-5H,1-2H3;7-8H,3-6H2,1-2H3;2*3,8H,4-6H2,1-2H3;3,5,7-8H,4,6H2,1-2H3;3-6H,1-2H3. The maximum Gasteiger partial charge on any atom is 0.161 e. The average Bonchev–Trinajstić information content (AvgIpc) is 0.909. The maximum atomic E-state index is 12.6. The number of allylic oxidation sites excluding steroid dienone is 6. The van der Waals surface area contributed by atoms with E-state index in [0.29, 0.717) is 38.9 Å². The number of hydrogen-bond acceptors (Lipinski definition) is 0. The molecule has 4 unspecified atom stereocenters. The van der Waals surface area contributed by atoms with E-state index in [1.807, 2.05) is 26.0 Å². The Bertz CT molecular complexity index is 3200. The van der Waals surface area contributed by atoms with Crippen LogP contribution in [-0.2, 0) is 0 Å². The molecule has 0 spiro atoms. The van der Waals surface area contributed by atoms with Crippen molar-refractivity contribution in [2.24, 2.45) is 35.5 Å². The van der Waals surface area contributed by atoms with Gasteiger partial charge in [-0.25, -0.2) is 43.9 Å². The maximum absolute atomic E-state index is 12.6. The molecule has 1 fully saturated rings. The van der Waals surface area contributed by atoms with Crippen molar-refractivity contribution in [1.29, 1.82) is 0 Å². The fraction of sp³-hybridized carbons (Fsp3) is 0.455. The zero-order chi connectivity index (χ0) is 74.5. The lowest BCUT2D eigenvalue weighted by molar-refractivity contribution is 0.308. The fourth-order valence-corrected chi connectivity index (χ4v) is 9.81. The van der Waals surface area contributed by atoms with Gasteiger partial charge in [-0.05, 0) is 296 Å². The Kier molecular flexibility index (Phi) is 42.9. The predicted molar refractivity (Wildman–Crippen MR) is 398 cm³/mol. The first-order valence-corrected chi connectivity index (χ1v) is 35.0. The zero-order valence-electron chi connectivity index (χ0n) is 63.4. The zero-order valence-corrected chi connectivity index (χ0v) is 63.4. The lowest BCUT2D eigenvalue weighted by atomic mass is 9.84. The summed E-state index contributed by atoms with van der Waals surface area (Å²) in [6.07, 6.45) is 26.2. The summed E-state index contributed by atoms with van der Waals surface area (Å²) in [5.41, 5.74) is 12.0. The molecular formula is C88H118F10. The fourth-order valence-electron chi connectivity index (χ4n) is 9.81. The highest BCUT2D eigenvalue weighted by molar-refractivity contribution is 5.28. The molecule has 0 amide bonds. The Hall–Kier alpha value is -6.94. The van der Waals surface area contributed by atoms with Crippen molar-refractivity contribution in [1.82, 2.24) is 0 Å². The minimum Gasteiger partial charge on any atom is -0.207 e. The van der Waals surface area contributed by atoms with Gasteiger partial charge in [0, 0.05) is 16.7 Å². The third-order valence-electron chi connectivity index (χ3n) is 17.6. The van der Waals surface area contributed by atoms with E-state index in [0.717, 1.165) is 46.6 Å². The highest BCUT2D eigenvalue weighted by atomic mass is 19.2. The molecule has 98 heavy (non-hydrogen) atoms. The van der Waals surface area contributed by atoms with Gasteiger partial charge < -0.3 is 0 Å². The number of halogens is 10. The van der Waals surface area contributed by atoms with E-state index < -0.39 is 46.5 Å². The predicted octanol–water partition coefficient (Wildman–Crippen LogP) is 28.5. The van der Waals surface area contributed by atoms with Crippen LogP contribution in [0.15, 0.2) is 145 Å². The molecule has 1 saturated carbocycles. The summed E-state index contributed by atoms with van der Waals surface area (Å²) >= 11 is 0. The number of aryl methyl sites for hydroxylation is 11. The molecule has 0 aromatic heterocycles.